The number of rotatable bonds is 29. The molecule has 3 fully saturated rings. The first-order valence-corrected chi connectivity index (χ1v) is 46.6. The quantitative estimate of drug-likeness (QED) is 0.0223. The number of likely N-dealkylation sites (N-methyl/N-ethyl adjacent to an activating group) is 3. The van der Waals surface area contributed by atoms with Crippen LogP contribution >= 0.6 is 22.8 Å². The van der Waals surface area contributed by atoms with Gasteiger partial charge in [0, 0.05) is 97.3 Å². The fourth-order valence-electron chi connectivity index (χ4n) is 14.3. The molecule has 0 radical (unpaired) electrons. The second kappa shape index (κ2) is 54.4. The zero-order chi connectivity index (χ0) is 88.1. The number of carbonyl (C=O) groups excluding carboxylic acids is 1. The molecular weight excluding hydrogens is 1560 g/mol. The van der Waals surface area contributed by atoms with Gasteiger partial charge in [0.15, 0.2) is 0 Å². The second-order valence-electron chi connectivity index (χ2n) is 29.5. The van der Waals surface area contributed by atoms with Crippen LogP contribution in [0.15, 0.2) is 97.1 Å². The summed E-state index contributed by atoms with van der Waals surface area (Å²) in [7, 11) is -4.33. The average Bonchev–Trinajstić information content (AvgIpc) is 0.909. The lowest BCUT2D eigenvalue weighted by molar-refractivity contribution is -0.131. The fraction of sp³-hybridized carbons (Fsp3) is 0.586. The van der Waals surface area contributed by atoms with E-state index in [2.05, 4.69) is 184 Å². The Kier molecular flexibility index (Phi) is 46.4. The van der Waals surface area contributed by atoms with E-state index < -0.39 is 35.9 Å². The van der Waals surface area contributed by atoms with Gasteiger partial charge in [0.05, 0.1) is 64.7 Å². The minimum Gasteiger partial charge on any atom is -0.478 e. The van der Waals surface area contributed by atoms with Crippen molar-refractivity contribution in [1.29, 1.82) is 0 Å². The third-order valence-electron chi connectivity index (χ3n) is 20.5. The molecular formula is C87H136FN14O13P3. The van der Waals surface area contributed by atoms with Crippen LogP contribution in [0, 0.1) is 32.9 Å². The van der Waals surface area contributed by atoms with Crippen molar-refractivity contribution in [1.82, 2.24) is 39.5 Å². The van der Waals surface area contributed by atoms with Crippen LogP contribution < -0.4 is 30.7 Å². The van der Waals surface area contributed by atoms with Crippen LogP contribution in [0.25, 0.3) is 31.2 Å². The molecule has 4 atom stereocenters. The molecule has 11 rings (SSSR count). The minimum absolute atomic E-state index is 0.0350. The molecule has 7 heterocycles. The van der Waals surface area contributed by atoms with E-state index in [9.17, 15) is 27.7 Å². The van der Waals surface area contributed by atoms with E-state index in [0.717, 1.165) is 93.5 Å². The summed E-state index contributed by atoms with van der Waals surface area (Å²) in [6.07, 6.45) is 16.4. The Morgan fingerprint density at radius 2 is 1.03 bits per heavy atom. The Morgan fingerprint density at radius 1 is 0.627 bits per heavy atom. The smallest absolute Gasteiger partial charge is 0.345 e. The number of carboxylic acid groups (broad SMARTS) is 1. The molecule has 27 nitrogen and oxygen atoms in total. The topological polar surface area (TPSA) is 302 Å². The van der Waals surface area contributed by atoms with E-state index in [4.69, 9.17) is 68.2 Å². The van der Waals surface area contributed by atoms with Gasteiger partial charge < -0.3 is 74.6 Å². The molecule has 0 bridgehead atoms. The van der Waals surface area contributed by atoms with Crippen LogP contribution in [0.1, 0.15) is 162 Å². The number of hydrogen-bond acceptors (Lipinski definition) is 23. The molecule has 0 saturated carbocycles. The second-order valence-corrected chi connectivity index (χ2v) is 36.5. The van der Waals surface area contributed by atoms with E-state index in [0.29, 0.717) is 107 Å². The van der Waals surface area contributed by atoms with Gasteiger partial charge in [0.2, 0.25) is 19.0 Å². The SMILES string of the molecule is CCCP1(=O)OP(=O)(CCC)OP(=O)(CCC)O1.CCN(CC)CC.COC/C=C/C(=O)O.Cc1cccc2cccc(N3CCc4c(N)nc(OC[C@@H]5CCCN5C)nc4C3)c12.Cc1cccc2cccc(N3CCc4c(N)nc(OC[C@@H]5CCCN5C)nc4C3)c12.[2H]CF.[C-]#[N+]C[C@@H](C)CCC.[C-]#[N+]C[C@@H](C)N(CC)C(=O)/C=C/COC. The number of aryl methyl sites for hydroxylation is 2. The van der Waals surface area contributed by atoms with E-state index in [1.54, 1.807) is 38.9 Å². The Balaban J connectivity index is 0.000000311. The molecule has 118 heavy (non-hydrogen) atoms. The number of nitrogens with zero attached hydrogens (tertiary/aromatic N) is 12. The highest BCUT2D eigenvalue weighted by atomic mass is 31.3. The highest BCUT2D eigenvalue weighted by Crippen LogP contribution is 2.82. The maximum Gasteiger partial charge on any atom is 0.345 e. The van der Waals surface area contributed by atoms with Crippen LogP contribution in [0.3, 0.4) is 0 Å². The van der Waals surface area contributed by atoms with Crippen LogP contribution in [-0.4, -0.2) is 220 Å². The van der Waals surface area contributed by atoms with Gasteiger partial charge in [-0.25, -0.2) is 30.9 Å². The number of amides is 1. The van der Waals surface area contributed by atoms with Gasteiger partial charge >= 0.3 is 40.8 Å². The standard InChI is InChI=1S/2C24H29N5O.C11H18N2O2.C9H21O6P3.C7H13N.C6H15N.C5H8O3.CH3F/c2*1-16-6-3-7-17-8-4-10-21(22(16)17)29-13-11-19-20(14-29)26-24(27-23(19)25)30-15-18-9-5-12-28(18)2;1-5-13(10(2)9-12-3)11(14)7-6-8-15-4;1-4-7-16(10)13-17(11,8-5-2)15-18(12,14-16)9-6-3;1-4-5-7(2)6-8-3;1-4-7(5-2)6-3;1-8-4-2-3-5(6)7;1-2/h2*3-4,6-8,10,18H,5,9,11-15H2,1-2H3,(H2,25,26,27);6-7,10H,5,8-9H2,1-2,4H3;4-9H2,1-3H3;7H,4-6H2,1-2H3;4-6H2,1-3H3;2-3H,4H2,1H3,(H,6,7);1H3/b;;7-6+;;;;3-2+;/t2*18-;10-;;7-;;;/m001.0.../s1/i;;;;;;;1D. The Morgan fingerprint density at radius 3 is 1.36 bits per heavy atom. The van der Waals surface area contributed by atoms with Crippen molar-refractivity contribution < 1.29 is 66.0 Å². The first-order valence-electron chi connectivity index (χ1n) is 42.1. The molecule has 5 aliphatic heterocycles. The van der Waals surface area contributed by atoms with E-state index in [1.165, 1.54) is 109 Å². The summed E-state index contributed by atoms with van der Waals surface area (Å²) >= 11 is 0. The molecule has 654 valence electrons. The van der Waals surface area contributed by atoms with Gasteiger partial charge in [-0.15, -0.1) is 0 Å². The Bertz CT molecular complexity index is 4100. The number of carbonyl (C=O) groups is 2. The molecule has 3 saturated heterocycles. The van der Waals surface area contributed by atoms with Crippen molar-refractivity contribution in [3.8, 4) is 12.0 Å². The van der Waals surface area contributed by atoms with Crippen LogP contribution in [0.5, 0.6) is 12.0 Å². The first kappa shape index (κ1) is 101. The van der Waals surface area contributed by atoms with E-state index >= 15 is 0 Å². The van der Waals surface area contributed by atoms with Crippen molar-refractivity contribution in [3.05, 3.63) is 154 Å². The molecule has 4 aromatic carbocycles. The number of anilines is 4. The molecule has 31 heteroatoms. The highest BCUT2D eigenvalue weighted by Gasteiger charge is 2.51. The normalized spacial score (nSPS) is 19.9. The zero-order valence-corrected chi connectivity index (χ0v) is 75.7. The number of nitrogens with two attached hydrogens (primary N) is 2. The predicted octanol–water partition coefficient (Wildman–Crippen LogP) is 17.9. The lowest BCUT2D eigenvalue weighted by Gasteiger charge is -2.33. The van der Waals surface area contributed by atoms with Gasteiger partial charge in [-0.2, -0.15) is 19.9 Å². The van der Waals surface area contributed by atoms with Crippen LogP contribution in [-0.2, 0) is 71.6 Å². The number of aliphatic carboxylic acids is 1. The molecule has 0 unspecified atom stereocenters. The van der Waals surface area contributed by atoms with Crippen molar-refractivity contribution in [3.63, 3.8) is 0 Å². The summed E-state index contributed by atoms with van der Waals surface area (Å²) in [5.41, 5.74) is 21.8. The van der Waals surface area contributed by atoms with E-state index in [1.807, 2.05) is 13.8 Å². The average molecular weight is 1700 g/mol. The number of hydrogen-bond donors (Lipinski definition) is 3. The third kappa shape index (κ3) is 33.2. The molecule has 5 aliphatic rings. The van der Waals surface area contributed by atoms with Gasteiger partial charge in [0.25, 0.3) is 0 Å². The van der Waals surface area contributed by atoms with Crippen molar-refractivity contribution in [2.75, 3.05) is 167 Å². The minimum atomic E-state index is -3.57. The number of nitrogen functional groups attached to an aromatic ring is 2. The number of alkyl halides is 1. The number of methoxy groups -OCH3 is 2. The summed E-state index contributed by atoms with van der Waals surface area (Å²) in [6.45, 7) is 50.4. The zero-order valence-electron chi connectivity index (χ0n) is 74.1. The molecule has 6 aromatic rings. The maximum absolute atomic E-state index is 12.3. The number of aromatic nitrogens is 4. The lowest BCUT2D eigenvalue weighted by Crippen LogP contribution is -2.38. The van der Waals surface area contributed by atoms with Crippen LogP contribution in [0.4, 0.5) is 27.4 Å². The third-order valence-corrected chi connectivity index (χ3v) is 29.4. The summed E-state index contributed by atoms with van der Waals surface area (Å²) in [5, 5.41) is 13.2. The van der Waals surface area contributed by atoms with Gasteiger partial charge in [-0.05, 0) is 173 Å². The molecule has 5 N–H and O–H groups in total. The molecule has 1 amide bonds. The maximum atomic E-state index is 12.3. The van der Waals surface area contributed by atoms with Crippen molar-refractivity contribution in [2.24, 2.45) is 5.92 Å². The van der Waals surface area contributed by atoms with Gasteiger partial charge in [-0.1, -0.05) is 135 Å². The summed E-state index contributed by atoms with van der Waals surface area (Å²) in [4.78, 5) is 59.9. The Labute approximate surface area is 704 Å². The Hall–Kier alpha value is -7.94. The lowest BCUT2D eigenvalue weighted by atomic mass is 10.00. The number of likely N-dealkylation sites (tertiary alicyclic amines) is 2. The van der Waals surface area contributed by atoms with Crippen LogP contribution in [0.2, 0.25) is 0 Å². The first-order chi connectivity index (χ1) is 57.0. The number of halogens is 1. The van der Waals surface area contributed by atoms with Crippen molar-refractivity contribution in [2.45, 2.75) is 185 Å². The van der Waals surface area contributed by atoms with Gasteiger partial charge in [0.1, 0.15) is 30.9 Å². The van der Waals surface area contributed by atoms with Crippen molar-refractivity contribution >= 4 is 79.2 Å². The van der Waals surface area contributed by atoms with Gasteiger partial charge in [-0.3, -0.25) is 22.9 Å². The summed E-state index contributed by atoms with van der Waals surface area (Å²) in [5.74, 6) is 0.720. The highest BCUT2D eigenvalue weighted by molar-refractivity contribution is 7.80. The number of ether oxygens (including phenoxy) is 4. The molecule has 0 spiro atoms. The number of carboxylic acids is 1. The molecule has 0 aliphatic carbocycles. The summed E-state index contributed by atoms with van der Waals surface area (Å²) in [6, 6.07) is 27.6. The largest absolute Gasteiger partial charge is 0.478 e. The number of benzene rings is 4. The molecule has 2 aromatic heterocycles. The number of fused-ring (bicyclic) bond motifs is 4. The monoisotopic (exact) mass is 1700 g/mol. The van der Waals surface area contributed by atoms with E-state index in [-0.39, 0.29) is 30.4 Å². The fourth-order valence-corrected chi connectivity index (χ4v) is 23.6. The summed E-state index contributed by atoms with van der Waals surface area (Å²) < 4.78 is 89.1. The predicted molar refractivity (Wildman–Crippen MR) is 478 cm³/mol.